The van der Waals surface area contributed by atoms with Gasteiger partial charge < -0.3 is 9.88 Å². The minimum atomic E-state index is -0.190. The van der Waals surface area contributed by atoms with Gasteiger partial charge in [0.05, 0.1) is 5.56 Å². The lowest BCUT2D eigenvalue weighted by molar-refractivity contribution is 0.0628. The van der Waals surface area contributed by atoms with Crippen molar-refractivity contribution in [3.05, 3.63) is 69.6 Å². The zero-order valence-corrected chi connectivity index (χ0v) is 13.3. The minimum Gasteiger partial charge on any atom is -0.336 e. The fraction of sp³-hybridized carbons (Fsp3) is 0.333. The minimum absolute atomic E-state index is 0.0169. The highest BCUT2D eigenvalue weighted by atomic mass is 16.2. The smallest absolute Gasteiger partial charge is 0.255 e. The third-order valence-corrected chi connectivity index (χ3v) is 4.35. The van der Waals surface area contributed by atoms with Crippen molar-refractivity contribution in [3.8, 4) is 0 Å². The molecule has 1 saturated heterocycles. The van der Waals surface area contributed by atoms with E-state index in [1.807, 2.05) is 4.90 Å². The Morgan fingerprint density at radius 1 is 1.09 bits per heavy atom. The van der Waals surface area contributed by atoms with Gasteiger partial charge in [0.25, 0.3) is 5.91 Å². The molecule has 1 aromatic heterocycles. The number of nitrogens with zero attached hydrogens (tertiary/aromatic N) is 2. The molecule has 0 aliphatic carbocycles. The van der Waals surface area contributed by atoms with Crippen LogP contribution in [0.25, 0.3) is 0 Å². The van der Waals surface area contributed by atoms with Crippen LogP contribution in [0, 0.1) is 6.92 Å². The van der Waals surface area contributed by atoms with Crippen molar-refractivity contribution < 1.29 is 4.79 Å². The second kappa shape index (κ2) is 6.79. The molecule has 1 aromatic carbocycles. The SMILES string of the molecule is Cc1ccccc1CN1CCN(C(=O)c2ccc(=O)[nH]c2)CC1. The summed E-state index contributed by atoms with van der Waals surface area (Å²) in [5.74, 6) is -0.0169. The Morgan fingerprint density at radius 3 is 2.48 bits per heavy atom. The zero-order chi connectivity index (χ0) is 16.2. The van der Waals surface area contributed by atoms with E-state index in [0.717, 1.165) is 19.6 Å². The van der Waals surface area contributed by atoms with E-state index in [1.54, 1.807) is 6.07 Å². The maximum Gasteiger partial charge on any atom is 0.255 e. The summed E-state index contributed by atoms with van der Waals surface area (Å²) in [4.78, 5) is 30.3. The molecule has 3 rings (SSSR count). The number of pyridine rings is 1. The predicted octanol–water partition coefficient (Wildman–Crippen LogP) is 1.64. The van der Waals surface area contributed by atoms with Crippen molar-refractivity contribution >= 4 is 5.91 Å². The molecule has 0 unspecified atom stereocenters. The number of rotatable bonds is 3. The number of hydrogen-bond acceptors (Lipinski definition) is 3. The van der Waals surface area contributed by atoms with E-state index < -0.39 is 0 Å². The molecule has 0 bridgehead atoms. The molecule has 0 atom stereocenters. The molecule has 1 N–H and O–H groups in total. The Kier molecular flexibility index (Phi) is 4.57. The summed E-state index contributed by atoms with van der Waals surface area (Å²) < 4.78 is 0. The van der Waals surface area contributed by atoms with E-state index in [-0.39, 0.29) is 11.5 Å². The van der Waals surface area contributed by atoms with Crippen molar-refractivity contribution in [3.63, 3.8) is 0 Å². The van der Waals surface area contributed by atoms with E-state index in [9.17, 15) is 9.59 Å². The zero-order valence-electron chi connectivity index (χ0n) is 13.3. The lowest BCUT2D eigenvalue weighted by Crippen LogP contribution is -2.48. The fourth-order valence-corrected chi connectivity index (χ4v) is 2.86. The van der Waals surface area contributed by atoms with Gasteiger partial charge in [0.2, 0.25) is 5.56 Å². The molecule has 1 aliphatic rings. The Bertz CT molecular complexity index is 725. The first kappa shape index (κ1) is 15.5. The maximum absolute atomic E-state index is 12.4. The van der Waals surface area contributed by atoms with Crippen LogP contribution in [0.15, 0.2) is 47.4 Å². The van der Waals surface area contributed by atoms with Crippen molar-refractivity contribution in [1.82, 2.24) is 14.8 Å². The molecule has 5 heteroatoms. The highest BCUT2D eigenvalue weighted by molar-refractivity contribution is 5.93. The molecule has 5 nitrogen and oxygen atoms in total. The Balaban J connectivity index is 1.58. The second-order valence-electron chi connectivity index (χ2n) is 5.94. The Labute approximate surface area is 135 Å². The normalized spacial score (nSPS) is 15.6. The number of nitrogens with one attached hydrogen (secondary N) is 1. The summed E-state index contributed by atoms with van der Waals surface area (Å²) in [5, 5.41) is 0. The Morgan fingerprint density at radius 2 is 1.83 bits per heavy atom. The molecule has 0 spiro atoms. The summed E-state index contributed by atoms with van der Waals surface area (Å²) in [6, 6.07) is 11.4. The van der Waals surface area contributed by atoms with Gasteiger partial charge in [-0.1, -0.05) is 24.3 Å². The summed E-state index contributed by atoms with van der Waals surface area (Å²) >= 11 is 0. The lowest BCUT2D eigenvalue weighted by atomic mass is 10.1. The van der Waals surface area contributed by atoms with Gasteiger partial charge in [0.15, 0.2) is 0 Å². The van der Waals surface area contributed by atoms with Crippen LogP contribution < -0.4 is 5.56 Å². The molecular weight excluding hydrogens is 290 g/mol. The van der Waals surface area contributed by atoms with Gasteiger partial charge in [0.1, 0.15) is 0 Å². The predicted molar refractivity (Wildman–Crippen MR) is 89.4 cm³/mol. The fourth-order valence-electron chi connectivity index (χ4n) is 2.86. The van der Waals surface area contributed by atoms with Gasteiger partial charge in [-0.3, -0.25) is 14.5 Å². The second-order valence-corrected chi connectivity index (χ2v) is 5.94. The molecule has 1 fully saturated rings. The third kappa shape index (κ3) is 3.68. The molecule has 0 saturated carbocycles. The number of carbonyl (C=O) groups excluding carboxylic acids is 1. The standard InChI is InChI=1S/C18H21N3O2/c1-14-4-2-3-5-16(14)13-20-8-10-21(11-9-20)18(23)15-6-7-17(22)19-12-15/h2-7,12H,8-11,13H2,1H3,(H,19,22). The molecule has 120 valence electrons. The largest absolute Gasteiger partial charge is 0.336 e. The maximum atomic E-state index is 12.4. The summed E-state index contributed by atoms with van der Waals surface area (Å²) in [7, 11) is 0. The molecule has 2 heterocycles. The number of hydrogen-bond donors (Lipinski definition) is 1. The van der Waals surface area contributed by atoms with Gasteiger partial charge >= 0.3 is 0 Å². The summed E-state index contributed by atoms with van der Waals surface area (Å²) in [6.45, 7) is 6.21. The van der Waals surface area contributed by atoms with Gasteiger partial charge in [-0.05, 0) is 24.1 Å². The Hall–Kier alpha value is -2.40. The van der Waals surface area contributed by atoms with Crippen molar-refractivity contribution in [2.75, 3.05) is 26.2 Å². The molecular formula is C18H21N3O2. The molecule has 1 amide bonds. The van der Waals surface area contributed by atoms with Crippen LogP contribution in [0.2, 0.25) is 0 Å². The average Bonchev–Trinajstić information content (AvgIpc) is 2.58. The van der Waals surface area contributed by atoms with Gasteiger partial charge in [0, 0.05) is 45.0 Å². The van der Waals surface area contributed by atoms with Crippen molar-refractivity contribution in [2.45, 2.75) is 13.5 Å². The number of carbonyl (C=O) groups is 1. The third-order valence-electron chi connectivity index (χ3n) is 4.35. The molecule has 1 aliphatic heterocycles. The van der Waals surface area contributed by atoms with Crippen LogP contribution in [0.1, 0.15) is 21.5 Å². The number of aromatic amines is 1. The van der Waals surface area contributed by atoms with E-state index in [1.165, 1.54) is 23.4 Å². The summed E-state index contributed by atoms with van der Waals surface area (Å²) in [6.07, 6.45) is 1.49. The topological polar surface area (TPSA) is 56.4 Å². The first-order chi connectivity index (χ1) is 11.1. The number of benzene rings is 1. The van der Waals surface area contributed by atoms with Gasteiger partial charge in [-0.2, -0.15) is 0 Å². The van der Waals surface area contributed by atoms with Crippen LogP contribution in [-0.2, 0) is 6.54 Å². The van der Waals surface area contributed by atoms with Crippen LogP contribution in [-0.4, -0.2) is 46.9 Å². The van der Waals surface area contributed by atoms with E-state index in [2.05, 4.69) is 41.1 Å². The highest BCUT2D eigenvalue weighted by Gasteiger charge is 2.22. The number of piperazine rings is 1. The van der Waals surface area contributed by atoms with E-state index >= 15 is 0 Å². The first-order valence-corrected chi connectivity index (χ1v) is 7.88. The van der Waals surface area contributed by atoms with Gasteiger partial charge in [-0.15, -0.1) is 0 Å². The first-order valence-electron chi connectivity index (χ1n) is 7.88. The van der Waals surface area contributed by atoms with E-state index in [0.29, 0.717) is 18.7 Å². The van der Waals surface area contributed by atoms with Crippen LogP contribution >= 0.6 is 0 Å². The quantitative estimate of drug-likeness (QED) is 0.937. The number of amides is 1. The van der Waals surface area contributed by atoms with Crippen LogP contribution in [0.5, 0.6) is 0 Å². The van der Waals surface area contributed by atoms with Crippen molar-refractivity contribution in [1.29, 1.82) is 0 Å². The van der Waals surface area contributed by atoms with E-state index in [4.69, 9.17) is 0 Å². The van der Waals surface area contributed by atoms with Crippen molar-refractivity contribution in [2.24, 2.45) is 0 Å². The molecule has 2 aromatic rings. The lowest BCUT2D eigenvalue weighted by Gasteiger charge is -2.35. The van der Waals surface area contributed by atoms with Gasteiger partial charge in [-0.25, -0.2) is 0 Å². The molecule has 0 radical (unpaired) electrons. The molecule has 23 heavy (non-hydrogen) atoms. The highest BCUT2D eigenvalue weighted by Crippen LogP contribution is 2.13. The number of aromatic nitrogens is 1. The number of aryl methyl sites for hydroxylation is 1. The average molecular weight is 311 g/mol. The summed E-state index contributed by atoms with van der Waals surface area (Å²) in [5.41, 5.74) is 2.99. The number of H-pyrrole nitrogens is 1. The van der Waals surface area contributed by atoms with Crippen LogP contribution in [0.3, 0.4) is 0 Å². The monoisotopic (exact) mass is 311 g/mol. The van der Waals surface area contributed by atoms with Crippen LogP contribution in [0.4, 0.5) is 0 Å².